The third kappa shape index (κ3) is 1.87. The Morgan fingerprint density at radius 3 is 2.57 bits per heavy atom. The molecule has 1 heterocycles. The number of hydrogen-bond donors (Lipinski definition) is 1. The average Bonchev–Trinajstić information content (AvgIpc) is 2.16. The van der Waals surface area contributed by atoms with Crippen LogP contribution < -0.4 is 5.56 Å². The van der Waals surface area contributed by atoms with E-state index in [4.69, 9.17) is 0 Å². The largest absolute Gasteiger partial charge is 0.328 e. The van der Waals surface area contributed by atoms with Crippen molar-refractivity contribution in [3.63, 3.8) is 0 Å². The van der Waals surface area contributed by atoms with Crippen LogP contribution in [0.4, 0.5) is 0 Å². The molecule has 0 aliphatic heterocycles. The summed E-state index contributed by atoms with van der Waals surface area (Å²) in [5.41, 5.74) is -0.532. The molecule has 2 amide bonds. The van der Waals surface area contributed by atoms with E-state index >= 15 is 0 Å². The zero-order chi connectivity index (χ0) is 10.7. The lowest BCUT2D eigenvalue weighted by Crippen LogP contribution is -2.34. The Balaban J connectivity index is 3.08. The Kier molecular flexibility index (Phi) is 2.81. The highest BCUT2D eigenvalue weighted by Gasteiger charge is 2.17. The van der Waals surface area contributed by atoms with Crippen molar-refractivity contribution in [3.8, 4) is 0 Å². The van der Waals surface area contributed by atoms with Gasteiger partial charge >= 0.3 is 0 Å². The predicted octanol–water partition coefficient (Wildman–Crippen LogP) is -0.00660. The van der Waals surface area contributed by atoms with E-state index in [1.165, 1.54) is 32.3 Å². The van der Waals surface area contributed by atoms with Crippen molar-refractivity contribution >= 4 is 11.8 Å². The molecule has 0 bridgehead atoms. The van der Waals surface area contributed by atoms with Crippen molar-refractivity contribution in [1.82, 2.24) is 9.88 Å². The van der Waals surface area contributed by atoms with Gasteiger partial charge in [0.2, 0.25) is 5.91 Å². The number of pyridine rings is 1. The molecule has 1 aromatic rings. The summed E-state index contributed by atoms with van der Waals surface area (Å²) in [6.07, 6.45) is 1.42. The van der Waals surface area contributed by atoms with Gasteiger partial charge in [-0.25, -0.2) is 0 Å². The van der Waals surface area contributed by atoms with Gasteiger partial charge < -0.3 is 4.98 Å². The van der Waals surface area contributed by atoms with Crippen molar-refractivity contribution in [3.05, 3.63) is 34.2 Å². The first-order chi connectivity index (χ1) is 6.54. The highest BCUT2D eigenvalue weighted by atomic mass is 16.2. The first-order valence-electron chi connectivity index (χ1n) is 4.00. The Morgan fingerprint density at radius 2 is 2.07 bits per heavy atom. The zero-order valence-electron chi connectivity index (χ0n) is 7.90. The predicted molar refractivity (Wildman–Crippen MR) is 49.8 cm³/mol. The number of hydrogen-bond acceptors (Lipinski definition) is 3. The van der Waals surface area contributed by atoms with Crippen LogP contribution in [0.15, 0.2) is 23.1 Å². The van der Waals surface area contributed by atoms with E-state index in [1.807, 2.05) is 0 Å². The lowest BCUT2D eigenvalue weighted by molar-refractivity contribution is -0.125. The van der Waals surface area contributed by atoms with Gasteiger partial charge in [0.05, 0.1) is 0 Å². The van der Waals surface area contributed by atoms with Crippen LogP contribution in [0.2, 0.25) is 0 Å². The number of aromatic nitrogens is 1. The van der Waals surface area contributed by atoms with Crippen LogP contribution in [0, 0.1) is 0 Å². The van der Waals surface area contributed by atoms with Crippen LogP contribution in [0.1, 0.15) is 17.3 Å². The molecule has 14 heavy (non-hydrogen) atoms. The van der Waals surface area contributed by atoms with Gasteiger partial charge in [0.15, 0.2) is 0 Å². The van der Waals surface area contributed by atoms with E-state index in [0.717, 1.165) is 4.90 Å². The maximum atomic E-state index is 11.5. The molecule has 1 rings (SSSR count). The number of H-pyrrole nitrogens is 1. The van der Waals surface area contributed by atoms with Crippen molar-refractivity contribution in [1.29, 1.82) is 0 Å². The summed E-state index contributed by atoms with van der Waals surface area (Å²) in [5, 5.41) is 0. The minimum absolute atomic E-state index is 0.0369. The maximum Gasteiger partial charge on any atom is 0.265 e. The van der Waals surface area contributed by atoms with Crippen molar-refractivity contribution in [2.75, 3.05) is 7.05 Å². The van der Waals surface area contributed by atoms with Gasteiger partial charge in [-0.3, -0.25) is 19.3 Å². The number of amides is 2. The van der Waals surface area contributed by atoms with Gasteiger partial charge in [-0.2, -0.15) is 0 Å². The van der Waals surface area contributed by atoms with Gasteiger partial charge in [-0.1, -0.05) is 0 Å². The molecule has 0 unspecified atom stereocenters. The number of nitrogens with zero attached hydrogens (tertiary/aromatic N) is 1. The first kappa shape index (κ1) is 10.2. The smallest absolute Gasteiger partial charge is 0.265 e. The van der Waals surface area contributed by atoms with Gasteiger partial charge in [0.25, 0.3) is 11.5 Å². The summed E-state index contributed by atoms with van der Waals surface area (Å²) in [4.78, 5) is 36.8. The van der Waals surface area contributed by atoms with Crippen molar-refractivity contribution in [2.45, 2.75) is 6.92 Å². The fourth-order valence-corrected chi connectivity index (χ4v) is 0.914. The lowest BCUT2D eigenvalue weighted by Gasteiger charge is -2.11. The third-order valence-electron chi connectivity index (χ3n) is 1.83. The molecular weight excluding hydrogens is 184 g/mol. The number of rotatable bonds is 1. The molecule has 0 aromatic carbocycles. The highest BCUT2D eigenvalue weighted by molar-refractivity contribution is 6.03. The molecule has 0 saturated carbocycles. The van der Waals surface area contributed by atoms with Gasteiger partial charge in [0, 0.05) is 20.2 Å². The molecule has 5 nitrogen and oxygen atoms in total. The number of carbonyl (C=O) groups is 2. The topological polar surface area (TPSA) is 70.2 Å². The van der Waals surface area contributed by atoms with Crippen LogP contribution in [-0.2, 0) is 4.79 Å². The van der Waals surface area contributed by atoms with Crippen molar-refractivity contribution in [2.24, 2.45) is 0 Å². The van der Waals surface area contributed by atoms with Gasteiger partial charge in [-0.15, -0.1) is 0 Å². The van der Waals surface area contributed by atoms with Gasteiger partial charge in [0.1, 0.15) is 5.56 Å². The molecular formula is C9H10N2O3. The second-order valence-corrected chi connectivity index (χ2v) is 2.80. The number of nitrogens with one attached hydrogen (secondary N) is 1. The monoisotopic (exact) mass is 194 g/mol. The molecule has 0 fully saturated rings. The van der Waals surface area contributed by atoms with E-state index in [0.29, 0.717) is 0 Å². The van der Waals surface area contributed by atoms with Crippen LogP contribution in [-0.4, -0.2) is 28.7 Å². The minimum atomic E-state index is -0.598. The molecule has 0 saturated heterocycles. The summed E-state index contributed by atoms with van der Waals surface area (Å²) in [6.45, 7) is 1.26. The van der Waals surface area contributed by atoms with E-state index in [1.54, 1.807) is 0 Å². The van der Waals surface area contributed by atoms with Crippen LogP contribution in [0.3, 0.4) is 0 Å². The molecule has 0 radical (unpaired) electrons. The number of imide groups is 1. The molecule has 0 spiro atoms. The fraction of sp³-hybridized carbons (Fsp3) is 0.222. The standard InChI is InChI=1S/C9H10N2O3/c1-6(12)11(2)9(14)7-4-3-5-10-8(7)13/h3-5H,1-2H3,(H,10,13). The first-order valence-corrected chi connectivity index (χ1v) is 4.00. The van der Waals surface area contributed by atoms with Gasteiger partial charge in [-0.05, 0) is 12.1 Å². The second-order valence-electron chi connectivity index (χ2n) is 2.80. The summed E-state index contributed by atoms with van der Waals surface area (Å²) in [7, 11) is 1.33. The molecule has 5 heteroatoms. The fourth-order valence-electron chi connectivity index (χ4n) is 0.914. The maximum absolute atomic E-state index is 11.5. The molecule has 1 aromatic heterocycles. The number of carbonyl (C=O) groups excluding carboxylic acids is 2. The third-order valence-corrected chi connectivity index (χ3v) is 1.83. The normalized spacial score (nSPS) is 9.57. The van der Waals surface area contributed by atoms with E-state index in [9.17, 15) is 14.4 Å². The number of aromatic amines is 1. The minimum Gasteiger partial charge on any atom is -0.328 e. The summed E-state index contributed by atoms with van der Waals surface area (Å²) >= 11 is 0. The van der Waals surface area contributed by atoms with E-state index in [2.05, 4.69) is 4.98 Å². The van der Waals surface area contributed by atoms with Crippen LogP contribution in [0.5, 0.6) is 0 Å². The van der Waals surface area contributed by atoms with E-state index < -0.39 is 17.4 Å². The molecule has 0 atom stereocenters. The summed E-state index contributed by atoms with van der Waals surface area (Å²) in [5.74, 6) is -1.00. The Hall–Kier alpha value is -1.91. The molecule has 1 N–H and O–H groups in total. The molecule has 74 valence electrons. The quantitative estimate of drug-likeness (QED) is 0.683. The van der Waals surface area contributed by atoms with Crippen LogP contribution in [0.25, 0.3) is 0 Å². The summed E-state index contributed by atoms with van der Waals surface area (Å²) in [6, 6.07) is 2.91. The Bertz CT molecular complexity index is 422. The Morgan fingerprint density at radius 1 is 1.43 bits per heavy atom. The highest BCUT2D eigenvalue weighted by Crippen LogP contribution is 1.96. The second kappa shape index (κ2) is 3.87. The zero-order valence-corrected chi connectivity index (χ0v) is 7.90. The molecule has 0 aliphatic carbocycles. The average molecular weight is 194 g/mol. The Labute approximate surface area is 80.4 Å². The van der Waals surface area contributed by atoms with E-state index in [-0.39, 0.29) is 5.56 Å². The van der Waals surface area contributed by atoms with Crippen molar-refractivity contribution < 1.29 is 9.59 Å². The molecule has 0 aliphatic rings. The SMILES string of the molecule is CC(=O)N(C)C(=O)c1ccc[nH]c1=O. The van der Waals surface area contributed by atoms with Crippen LogP contribution >= 0.6 is 0 Å². The lowest BCUT2D eigenvalue weighted by atomic mass is 10.2. The summed E-state index contributed by atoms with van der Waals surface area (Å²) < 4.78 is 0.